The molecule has 1 aliphatic carbocycles. The Morgan fingerprint density at radius 2 is 2.00 bits per heavy atom. The van der Waals surface area contributed by atoms with Crippen LogP contribution in [0.25, 0.3) is 10.2 Å². The van der Waals surface area contributed by atoms with Crippen molar-refractivity contribution >= 4 is 33.1 Å². The molecule has 1 aliphatic heterocycles. The van der Waals surface area contributed by atoms with E-state index in [4.69, 9.17) is 0 Å². The molecule has 3 aromatic rings. The number of piperidine rings is 1. The zero-order valence-electron chi connectivity index (χ0n) is 18.6. The van der Waals surface area contributed by atoms with Gasteiger partial charge in [0.1, 0.15) is 10.9 Å². The van der Waals surface area contributed by atoms with Gasteiger partial charge in [0.15, 0.2) is 0 Å². The van der Waals surface area contributed by atoms with Crippen molar-refractivity contribution in [1.82, 2.24) is 10.3 Å². The first-order valence-corrected chi connectivity index (χ1v) is 12.3. The lowest BCUT2D eigenvalue weighted by molar-refractivity contribution is 0.0957. The molecule has 1 saturated carbocycles. The van der Waals surface area contributed by atoms with Crippen molar-refractivity contribution in [3.8, 4) is 6.07 Å². The molecule has 2 aromatic heterocycles. The predicted octanol–water partition coefficient (Wildman–Crippen LogP) is 4.99. The summed E-state index contributed by atoms with van der Waals surface area (Å²) in [4.78, 5) is 21.4. The topological polar surface area (TPSA) is 69.0 Å². The molecule has 0 spiro atoms. The number of carbonyl (C=O) groups is 1. The first-order chi connectivity index (χ1) is 15.5. The molecule has 2 atom stereocenters. The van der Waals surface area contributed by atoms with E-state index in [2.05, 4.69) is 33.4 Å². The SMILES string of the molecule is Cc1ccc2c(C)c(C(=O)NCCc3ccc(N4CC5CCC(C5)C4)c(C#N)c3)sc2n1. The largest absolute Gasteiger partial charge is 0.370 e. The van der Waals surface area contributed by atoms with Crippen LogP contribution in [0, 0.1) is 37.0 Å². The molecular formula is C26H28N4OS. The molecule has 1 amide bonds. The Balaban J connectivity index is 1.24. The van der Waals surface area contributed by atoms with E-state index in [1.807, 2.05) is 32.0 Å². The summed E-state index contributed by atoms with van der Waals surface area (Å²) in [6.07, 6.45) is 4.71. The Hall–Kier alpha value is -2.91. The average Bonchev–Trinajstić information content (AvgIpc) is 3.31. The summed E-state index contributed by atoms with van der Waals surface area (Å²) in [5.41, 5.74) is 4.84. The van der Waals surface area contributed by atoms with Gasteiger partial charge in [-0.2, -0.15) is 5.26 Å². The maximum atomic E-state index is 12.8. The van der Waals surface area contributed by atoms with Crippen LogP contribution >= 0.6 is 11.3 Å². The van der Waals surface area contributed by atoms with Crippen LogP contribution in [-0.4, -0.2) is 30.5 Å². The van der Waals surface area contributed by atoms with E-state index in [0.29, 0.717) is 13.0 Å². The van der Waals surface area contributed by atoms with Gasteiger partial charge in [-0.25, -0.2) is 4.98 Å². The average molecular weight is 445 g/mol. The van der Waals surface area contributed by atoms with Crippen LogP contribution < -0.4 is 10.2 Å². The van der Waals surface area contributed by atoms with E-state index in [1.54, 1.807) is 0 Å². The summed E-state index contributed by atoms with van der Waals surface area (Å²) < 4.78 is 0. The van der Waals surface area contributed by atoms with Gasteiger partial charge in [0.05, 0.1) is 16.1 Å². The smallest absolute Gasteiger partial charge is 0.261 e. The molecule has 32 heavy (non-hydrogen) atoms. The molecule has 2 unspecified atom stereocenters. The van der Waals surface area contributed by atoms with E-state index >= 15 is 0 Å². The summed E-state index contributed by atoms with van der Waals surface area (Å²) in [6.45, 7) is 6.63. The molecule has 3 heterocycles. The highest BCUT2D eigenvalue weighted by Crippen LogP contribution is 2.39. The lowest BCUT2D eigenvalue weighted by Crippen LogP contribution is -2.36. The van der Waals surface area contributed by atoms with E-state index in [1.165, 1.54) is 30.6 Å². The minimum Gasteiger partial charge on any atom is -0.370 e. The van der Waals surface area contributed by atoms with E-state index in [0.717, 1.165) is 68.1 Å². The Labute approximate surface area is 193 Å². The zero-order chi connectivity index (χ0) is 22.2. The fourth-order valence-electron chi connectivity index (χ4n) is 5.32. The molecule has 2 bridgehead atoms. The third-order valence-electron chi connectivity index (χ3n) is 6.98. The van der Waals surface area contributed by atoms with Crippen molar-refractivity contribution in [3.05, 3.63) is 57.6 Å². The van der Waals surface area contributed by atoms with Crippen molar-refractivity contribution in [3.63, 3.8) is 0 Å². The number of hydrogen-bond acceptors (Lipinski definition) is 5. The van der Waals surface area contributed by atoms with Crippen molar-refractivity contribution in [2.45, 2.75) is 39.5 Å². The zero-order valence-corrected chi connectivity index (χ0v) is 19.5. The van der Waals surface area contributed by atoms with Gasteiger partial charge in [-0.3, -0.25) is 4.79 Å². The molecule has 1 saturated heterocycles. The number of hydrogen-bond donors (Lipinski definition) is 1. The van der Waals surface area contributed by atoms with Crippen molar-refractivity contribution in [2.24, 2.45) is 11.8 Å². The number of nitrogens with zero attached hydrogens (tertiary/aromatic N) is 3. The molecule has 2 fully saturated rings. The summed E-state index contributed by atoms with van der Waals surface area (Å²) >= 11 is 1.45. The molecule has 164 valence electrons. The van der Waals surface area contributed by atoms with Gasteiger partial charge in [0, 0.05) is 30.7 Å². The monoisotopic (exact) mass is 444 g/mol. The Kier molecular flexibility index (Phi) is 5.60. The number of rotatable bonds is 5. The molecule has 5 nitrogen and oxygen atoms in total. The number of pyridine rings is 1. The van der Waals surface area contributed by atoms with Crippen molar-refractivity contribution in [1.29, 1.82) is 5.26 Å². The van der Waals surface area contributed by atoms with Gasteiger partial charge in [-0.1, -0.05) is 6.07 Å². The lowest BCUT2D eigenvalue weighted by atomic mass is 9.97. The first kappa shape index (κ1) is 21.0. The molecule has 6 heteroatoms. The summed E-state index contributed by atoms with van der Waals surface area (Å²) in [5, 5.41) is 13.8. The van der Waals surface area contributed by atoms with Gasteiger partial charge in [-0.05, 0) is 86.8 Å². The third-order valence-corrected chi connectivity index (χ3v) is 8.18. The number of aromatic nitrogens is 1. The highest BCUT2D eigenvalue weighted by atomic mass is 32.1. The third kappa shape index (κ3) is 3.98. The molecular weight excluding hydrogens is 416 g/mol. The number of nitrogens with one attached hydrogen (secondary N) is 1. The highest BCUT2D eigenvalue weighted by Gasteiger charge is 2.33. The summed E-state index contributed by atoms with van der Waals surface area (Å²) in [7, 11) is 0. The summed E-state index contributed by atoms with van der Waals surface area (Å²) in [5.74, 6) is 1.52. The van der Waals surface area contributed by atoms with Crippen LogP contribution in [-0.2, 0) is 6.42 Å². The second-order valence-electron chi connectivity index (χ2n) is 9.28. The van der Waals surface area contributed by atoms with Crippen LogP contribution in [0.5, 0.6) is 0 Å². The fourth-order valence-corrected chi connectivity index (χ4v) is 6.46. The number of thiophene rings is 1. The summed E-state index contributed by atoms with van der Waals surface area (Å²) in [6, 6.07) is 12.6. The number of amides is 1. The fraction of sp³-hybridized carbons (Fsp3) is 0.423. The standard InChI is InChI=1S/C26H28N4OS/c1-16-3-7-22-17(2)24(32-26(22)29-16)25(31)28-10-9-18-6-8-23(21(12-18)13-27)30-14-19-4-5-20(11-19)15-30/h3,6-8,12,19-20H,4-5,9-11,14-15H2,1-2H3,(H,28,31). The van der Waals surface area contributed by atoms with Gasteiger partial charge in [-0.15, -0.1) is 11.3 Å². The van der Waals surface area contributed by atoms with Crippen molar-refractivity contribution < 1.29 is 4.79 Å². The van der Waals surface area contributed by atoms with Gasteiger partial charge in [0.2, 0.25) is 0 Å². The number of carbonyl (C=O) groups excluding carboxylic acids is 1. The van der Waals surface area contributed by atoms with Gasteiger partial charge in [0.25, 0.3) is 5.91 Å². The normalized spacial score (nSPS) is 19.8. The van der Waals surface area contributed by atoms with Crippen LogP contribution in [0.1, 0.15) is 51.3 Å². The molecule has 2 aliphatic rings. The predicted molar refractivity (Wildman–Crippen MR) is 129 cm³/mol. The van der Waals surface area contributed by atoms with E-state index < -0.39 is 0 Å². The number of aryl methyl sites for hydroxylation is 2. The molecule has 1 N–H and O–H groups in total. The first-order valence-electron chi connectivity index (χ1n) is 11.4. The quantitative estimate of drug-likeness (QED) is 0.602. The van der Waals surface area contributed by atoms with Crippen LogP contribution in [0.15, 0.2) is 30.3 Å². The Bertz CT molecular complexity index is 1210. The van der Waals surface area contributed by atoms with Crippen LogP contribution in [0.4, 0.5) is 5.69 Å². The maximum absolute atomic E-state index is 12.8. The van der Waals surface area contributed by atoms with Crippen LogP contribution in [0.3, 0.4) is 0 Å². The minimum atomic E-state index is -0.0518. The van der Waals surface area contributed by atoms with Gasteiger partial charge < -0.3 is 10.2 Å². The van der Waals surface area contributed by atoms with E-state index in [9.17, 15) is 10.1 Å². The number of fused-ring (bicyclic) bond motifs is 3. The number of anilines is 1. The second-order valence-corrected chi connectivity index (χ2v) is 10.3. The van der Waals surface area contributed by atoms with Crippen molar-refractivity contribution in [2.75, 3.05) is 24.5 Å². The molecule has 0 radical (unpaired) electrons. The lowest BCUT2D eigenvalue weighted by Gasteiger charge is -2.34. The number of benzene rings is 1. The maximum Gasteiger partial charge on any atom is 0.261 e. The second kappa shape index (κ2) is 8.55. The highest BCUT2D eigenvalue weighted by molar-refractivity contribution is 7.20. The Morgan fingerprint density at radius 1 is 1.22 bits per heavy atom. The Morgan fingerprint density at radius 3 is 2.75 bits per heavy atom. The molecule has 5 rings (SSSR count). The minimum absolute atomic E-state index is 0.0518. The van der Waals surface area contributed by atoms with Crippen LogP contribution in [0.2, 0.25) is 0 Å². The van der Waals surface area contributed by atoms with E-state index in [-0.39, 0.29) is 5.91 Å². The van der Waals surface area contributed by atoms with Gasteiger partial charge >= 0.3 is 0 Å². The number of nitriles is 1. The molecule has 1 aromatic carbocycles.